The lowest BCUT2D eigenvalue weighted by Crippen LogP contribution is -2.35. The van der Waals surface area contributed by atoms with Crippen LogP contribution in [-0.2, 0) is 0 Å². The number of hydrogen-bond donors (Lipinski definition) is 0. The van der Waals surface area contributed by atoms with Crippen LogP contribution < -0.4 is 14.9 Å². The normalized spacial score (nSPS) is 12.8. The zero-order chi connectivity index (χ0) is 25.6. The number of hydrogen-bond acceptors (Lipinski definition) is 7. The number of carbonyl (C=O) groups excluding carboxylic acids is 3. The summed E-state index contributed by atoms with van der Waals surface area (Å²) < 4.78 is 16.7. The minimum atomic E-state index is -0.720. The van der Waals surface area contributed by atoms with Crippen LogP contribution in [0.15, 0.2) is 76.1 Å². The van der Waals surface area contributed by atoms with E-state index in [9.17, 15) is 19.2 Å². The number of rotatable bonds is 5. The molecule has 8 heteroatoms. The van der Waals surface area contributed by atoms with Gasteiger partial charge in [-0.15, -0.1) is 0 Å². The standard InChI is InChI=1S/C28H21NO7/c1-15(2)29-26(31)20-9-7-17(12-22(20)27(29)32)28(33)36-19-8-10-21-23(13-19)34-14-24(25(21)30)35-18-6-4-5-16(3)11-18/h4-15H,1-3H3. The van der Waals surface area contributed by atoms with Gasteiger partial charge in [-0.25, -0.2) is 4.79 Å². The predicted octanol–water partition coefficient (Wildman–Crippen LogP) is 5.12. The molecule has 1 aliphatic heterocycles. The molecule has 8 nitrogen and oxygen atoms in total. The molecule has 0 atom stereocenters. The second-order valence-electron chi connectivity index (χ2n) is 8.73. The molecule has 0 N–H and O–H groups in total. The summed E-state index contributed by atoms with van der Waals surface area (Å²) >= 11 is 0. The minimum Gasteiger partial charge on any atom is -0.460 e. The van der Waals surface area contributed by atoms with Crippen LogP contribution in [0.2, 0.25) is 0 Å². The molecule has 2 heterocycles. The van der Waals surface area contributed by atoms with Gasteiger partial charge in [0.05, 0.1) is 22.1 Å². The number of esters is 1. The molecule has 1 aliphatic rings. The fourth-order valence-corrected chi connectivity index (χ4v) is 4.05. The number of ether oxygens (including phenoxy) is 2. The minimum absolute atomic E-state index is 0.0330. The van der Waals surface area contributed by atoms with E-state index in [-0.39, 0.29) is 56.5 Å². The highest BCUT2D eigenvalue weighted by atomic mass is 16.5. The molecule has 0 fully saturated rings. The Morgan fingerprint density at radius 3 is 2.42 bits per heavy atom. The van der Waals surface area contributed by atoms with Gasteiger partial charge in [0.25, 0.3) is 11.8 Å². The van der Waals surface area contributed by atoms with Crippen LogP contribution in [0.25, 0.3) is 11.0 Å². The maximum absolute atomic E-state index is 12.9. The van der Waals surface area contributed by atoms with E-state index < -0.39 is 11.9 Å². The third-order valence-electron chi connectivity index (χ3n) is 5.81. The first-order valence-electron chi connectivity index (χ1n) is 11.3. The number of fused-ring (bicyclic) bond motifs is 2. The highest BCUT2D eigenvalue weighted by Crippen LogP contribution is 2.28. The maximum Gasteiger partial charge on any atom is 0.343 e. The van der Waals surface area contributed by atoms with Crippen molar-refractivity contribution in [1.82, 2.24) is 4.90 Å². The third-order valence-corrected chi connectivity index (χ3v) is 5.81. The van der Waals surface area contributed by atoms with Crippen molar-refractivity contribution < 1.29 is 28.3 Å². The van der Waals surface area contributed by atoms with Crippen molar-refractivity contribution in [1.29, 1.82) is 0 Å². The lowest BCUT2D eigenvalue weighted by molar-refractivity contribution is 0.0608. The Hall–Kier alpha value is -4.72. The Labute approximate surface area is 205 Å². The molecule has 0 spiro atoms. The largest absolute Gasteiger partial charge is 0.460 e. The Bertz CT molecular complexity index is 1620. The molecule has 3 aromatic carbocycles. The van der Waals surface area contributed by atoms with Gasteiger partial charge in [-0.3, -0.25) is 19.3 Å². The van der Waals surface area contributed by atoms with Gasteiger partial charge in [0.15, 0.2) is 0 Å². The van der Waals surface area contributed by atoms with E-state index in [2.05, 4.69) is 0 Å². The summed E-state index contributed by atoms with van der Waals surface area (Å²) in [6.07, 6.45) is 1.21. The van der Waals surface area contributed by atoms with Crippen LogP contribution in [0.4, 0.5) is 0 Å². The van der Waals surface area contributed by atoms with E-state index in [0.717, 1.165) is 10.5 Å². The first-order valence-corrected chi connectivity index (χ1v) is 11.3. The number of carbonyl (C=O) groups is 3. The van der Waals surface area contributed by atoms with Crippen molar-refractivity contribution in [2.24, 2.45) is 0 Å². The average Bonchev–Trinajstić information content (AvgIpc) is 3.10. The molecule has 1 aromatic heterocycles. The monoisotopic (exact) mass is 483 g/mol. The topological polar surface area (TPSA) is 103 Å². The number of nitrogens with zero attached hydrogens (tertiary/aromatic N) is 1. The Balaban J connectivity index is 1.38. The molecule has 0 radical (unpaired) electrons. The zero-order valence-electron chi connectivity index (χ0n) is 19.7. The quantitative estimate of drug-likeness (QED) is 0.221. The van der Waals surface area contributed by atoms with Gasteiger partial charge in [0, 0.05) is 12.1 Å². The van der Waals surface area contributed by atoms with Crippen molar-refractivity contribution in [3.8, 4) is 17.2 Å². The highest BCUT2D eigenvalue weighted by Gasteiger charge is 2.37. The van der Waals surface area contributed by atoms with Gasteiger partial charge < -0.3 is 13.9 Å². The fourth-order valence-electron chi connectivity index (χ4n) is 4.05. The number of imide groups is 1. The molecule has 36 heavy (non-hydrogen) atoms. The lowest BCUT2D eigenvalue weighted by atomic mass is 10.1. The number of benzene rings is 3. The average molecular weight is 483 g/mol. The van der Waals surface area contributed by atoms with Crippen molar-refractivity contribution in [3.63, 3.8) is 0 Å². The summed E-state index contributed by atoms with van der Waals surface area (Å²) in [6.45, 7) is 5.40. The summed E-state index contributed by atoms with van der Waals surface area (Å²) in [6, 6.07) is 15.6. The van der Waals surface area contributed by atoms with Crippen LogP contribution in [-0.4, -0.2) is 28.7 Å². The van der Waals surface area contributed by atoms with E-state index in [1.807, 2.05) is 19.1 Å². The van der Waals surface area contributed by atoms with E-state index in [1.165, 1.54) is 42.7 Å². The van der Waals surface area contributed by atoms with Crippen molar-refractivity contribution in [3.05, 3.63) is 99.4 Å². The number of aryl methyl sites for hydroxylation is 1. The third kappa shape index (κ3) is 4.02. The molecule has 4 aromatic rings. The van der Waals surface area contributed by atoms with E-state index in [4.69, 9.17) is 13.9 Å². The summed E-state index contributed by atoms with van der Waals surface area (Å²) in [5.41, 5.74) is 1.36. The first kappa shape index (κ1) is 23.0. The molecule has 2 amide bonds. The molecule has 5 rings (SSSR count). The van der Waals surface area contributed by atoms with Crippen LogP contribution in [0, 0.1) is 6.92 Å². The molecular formula is C28H21NO7. The molecule has 0 saturated carbocycles. The second-order valence-corrected chi connectivity index (χ2v) is 8.73. The number of amides is 2. The van der Waals surface area contributed by atoms with E-state index in [0.29, 0.717) is 5.75 Å². The van der Waals surface area contributed by atoms with E-state index in [1.54, 1.807) is 26.0 Å². The second kappa shape index (κ2) is 8.81. The van der Waals surface area contributed by atoms with Crippen LogP contribution in [0.3, 0.4) is 0 Å². The summed E-state index contributed by atoms with van der Waals surface area (Å²) in [5, 5.41) is 0.260. The molecule has 180 valence electrons. The van der Waals surface area contributed by atoms with Crippen molar-refractivity contribution >= 4 is 28.8 Å². The van der Waals surface area contributed by atoms with Crippen LogP contribution in [0.1, 0.15) is 50.5 Å². The molecule has 0 aliphatic carbocycles. The summed E-state index contributed by atoms with van der Waals surface area (Å²) in [4.78, 5) is 51.9. The maximum atomic E-state index is 12.9. The highest BCUT2D eigenvalue weighted by molar-refractivity contribution is 6.22. The Morgan fingerprint density at radius 1 is 0.889 bits per heavy atom. The predicted molar refractivity (Wildman–Crippen MR) is 131 cm³/mol. The zero-order valence-corrected chi connectivity index (χ0v) is 19.7. The van der Waals surface area contributed by atoms with Gasteiger partial charge in [-0.2, -0.15) is 0 Å². The molecule has 0 saturated heterocycles. The lowest BCUT2D eigenvalue weighted by Gasteiger charge is -2.17. The Morgan fingerprint density at radius 2 is 1.67 bits per heavy atom. The smallest absolute Gasteiger partial charge is 0.343 e. The first-order chi connectivity index (χ1) is 17.2. The SMILES string of the molecule is Cc1cccc(Oc2coc3cc(OC(=O)c4ccc5c(c4)C(=O)N(C(C)C)C5=O)ccc3c2=O)c1. The molecule has 0 bridgehead atoms. The summed E-state index contributed by atoms with van der Waals surface area (Å²) in [5.74, 6) is -0.864. The summed E-state index contributed by atoms with van der Waals surface area (Å²) in [7, 11) is 0. The fraction of sp³-hybridized carbons (Fsp3) is 0.143. The molecule has 0 unspecified atom stereocenters. The van der Waals surface area contributed by atoms with Gasteiger partial charge in [0.2, 0.25) is 11.2 Å². The van der Waals surface area contributed by atoms with Gasteiger partial charge >= 0.3 is 5.97 Å². The van der Waals surface area contributed by atoms with Crippen LogP contribution in [0.5, 0.6) is 17.2 Å². The Kier molecular flexibility index (Phi) is 5.64. The van der Waals surface area contributed by atoms with Gasteiger partial charge in [-0.05, 0) is 68.8 Å². The van der Waals surface area contributed by atoms with Gasteiger partial charge in [-0.1, -0.05) is 12.1 Å². The van der Waals surface area contributed by atoms with Crippen molar-refractivity contribution in [2.75, 3.05) is 0 Å². The van der Waals surface area contributed by atoms with Crippen LogP contribution >= 0.6 is 0 Å². The van der Waals surface area contributed by atoms with Gasteiger partial charge in [0.1, 0.15) is 23.3 Å². The van der Waals surface area contributed by atoms with Crippen molar-refractivity contribution in [2.45, 2.75) is 26.8 Å². The van der Waals surface area contributed by atoms with E-state index >= 15 is 0 Å². The molecular weight excluding hydrogens is 462 g/mol.